The van der Waals surface area contributed by atoms with E-state index < -0.39 is 0 Å². The topological polar surface area (TPSA) is 83.2 Å². The molecule has 3 rings (SSSR count). The molecule has 0 unspecified atom stereocenters. The molecule has 0 radical (unpaired) electrons. The highest BCUT2D eigenvalue weighted by molar-refractivity contribution is 7.13. The third-order valence-corrected chi connectivity index (χ3v) is 5.81. The number of rotatable bonds is 7. The zero-order valence-electron chi connectivity index (χ0n) is 16.9. The van der Waals surface area contributed by atoms with Gasteiger partial charge in [0.15, 0.2) is 0 Å². The van der Waals surface area contributed by atoms with E-state index in [1.165, 1.54) is 16.4 Å². The van der Waals surface area contributed by atoms with Gasteiger partial charge in [-0.1, -0.05) is 6.92 Å². The fourth-order valence-corrected chi connectivity index (χ4v) is 4.59. The van der Waals surface area contributed by atoms with Gasteiger partial charge in [-0.15, -0.1) is 11.3 Å². The van der Waals surface area contributed by atoms with Gasteiger partial charge in [-0.2, -0.15) is 0 Å². The summed E-state index contributed by atoms with van der Waals surface area (Å²) in [5.74, 6) is 0.345. The molecule has 3 N–H and O–H groups in total. The molecule has 0 aliphatic carbocycles. The molecule has 7 nitrogen and oxygen atoms in total. The first-order valence-electron chi connectivity index (χ1n) is 10.1. The molecule has 1 fully saturated rings. The Bertz CT molecular complexity index is 729. The largest absolute Gasteiger partial charge is 0.387 e. The van der Waals surface area contributed by atoms with E-state index >= 15 is 0 Å². The summed E-state index contributed by atoms with van der Waals surface area (Å²) < 4.78 is 0. The fraction of sp³-hybridized carbons (Fsp3) is 0.600. The van der Waals surface area contributed by atoms with Crippen LogP contribution in [-0.2, 0) is 16.2 Å². The number of nitrogens with one attached hydrogen (secondary N) is 1. The summed E-state index contributed by atoms with van der Waals surface area (Å²) in [4.78, 5) is 27.8. The third-order valence-electron chi connectivity index (χ3n) is 4.76. The van der Waals surface area contributed by atoms with E-state index in [1.807, 2.05) is 19.9 Å². The molecular weight excluding hydrogens is 374 g/mol. The lowest BCUT2D eigenvalue weighted by Gasteiger charge is -2.21. The lowest BCUT2D eigenvalue weighted by atomic mass is 10.1. The first kappa shape index (κ1) is 21.0. The molecule has 2 aliphatic heterocycles. The molecule has 2 aliphatic rings. The Labute approximate surface area is 171 Å². The van der Waals surface area contributed by atoms with Gasteiger partial charge in [0.2, 0.25) is 0 Å². The quantitative estimate of drug-likeness (QED) is 0.681. The van der Waals surface area contributed by atoms with Crippen LogP contribution in [0.4, 0.5) is 5.69 Å². The molecule has 1 aromatic heterocycles. The van der Waals surface area contributed by atoms with Crippen LogP contribution < -0.4 is 11.1 Å². The summed E-state index contributed by atoms with van der Waals surface area (Å²) in [6, 6.07) is 2.11. The van der Waals surface area contributed by atoms with Crippen molar-refractivity contribution < 1.29 is 9.63 Å². The van der Waals surface area contributed by atoms with Crippen molar-refractivity contribution in [2.24, 2.45) is 10.7 Å². The van der Waals surface area contributed by atoms with Gasteiger partial charge in [0.25, 0.3) is 5.91 Å². The Morgan fingerprint density at radius 3 is 3.04 bits per heavy atom. The predicted octanol–water partition coefficient (Wildman–Crippen LogP) is 2.51. The van der Waals surface area contributed by atoms with E-state index in [-0.39, 0.29) is 5.91 Å². The molecule has 0 aromatic carbocycles. The van der Waals surface area contributed by atoms with Crippen LogP contribution in [0.25, 0.3) is 6.08 Å². The standard InChI is InChI=1S/C20H31N5O2S/c1-3-8-25(27-4-2)20(26)15-11-18-17(23-19(21)12-15)13-16(28-18)14-24-9-5-6-22-7-10-24/h11,13,22H,3-10,12,14H2,1-2H3,(H2,21,23). The number of nitrogens with zero attached hydrogens (tertiary/aromatic N) is 3. The summed E-state index contributed by atoms with van der Waals surface area (Å²) in [6.45, 7) is 10.1. The van der Waals surface area contributed by atoms with E-state index in [0.29, 0.717) is 31.0 Å². The highest BCUT2D eigenvalue weighted by Crippen LogP contribution is 2.35. The molecule has 0 spiro atoms. The minimum Gasteiger partial charge on any atom is -0.387 e. The molecule has 1 saturated heterocycles. The van der Waals surface area contributed by atoms with E-state index in [4.69, 9.17) is 10.6 Å². The van der Waals surface area contributed by atoms with Gasteiger partial charge in [-0.05, 0) is 45.0 Å². The Morgan fingerprint density at radius 2 is 2.25 bits per heavy atom. The van der Waals surface area contributed by atoms with Crippen molar-refractivity contribution in [3.63, 3.8) is 0 Å². The van der Waals surface area contributed by atoms with Crippen molar-refractivity contribution >= 4 is 34.8 Å². The van der Waals surface area contributed by atoms with Crippen molar-refractivity contribution in [1.29, 1.82) is 0 Å². The first-order valence-corrected chi connectivity index (χ1v) is 11.0. The van der Waals surface area contributed by atoms with E-state index in [0.717, 1.165) is 49.7 Å². The Morgan fingerprint density at radius 1 is 1.39 bits per heavy atom. The van der Waals surface area contributed by atoms with Gasteiger partial charge in [-0.25, -0.2) is 10.1 Å². The maximum Gasteiger partial charge on any atom is 0.273 e. The molecule has 8 heteroatoms. The van der Waals surface area contributed by atoms with Crippen LogP contribution in [0.3, 0.4) is 0 Å². The first-order chi connectivity index (χ1) is 13.6. The number of amidine groups is 1. The number of carbonyl (C=O) groups excluding carboxylic acids is 1. The molecule has 3 heterocycles. The molecule has 0 bridgehead atoms. The fourth-order valence-electron chi connectivity index (χ4n) is 3.48. The number of hydrogen-bond donors (Lipinski definition) is 2. The maximum absolute atomic E-state index is 13.0. The van der Waals surface area contributed by atoms with Crippen LogP contribution in [0, 0.1) is 0 Å². The molecule has 0 saturated carbocycles. The summed E-state index contributed by atoms with van der Waals surface area (Å²) >= 11 is 1.70. The van der Waals surface area contributed by atoms with Crippen LogP contribution in [-0.4, -0.2) is 61.0 Å². The van der Waals surface area contributed by atoms with Crippen molar-refractivity contribution in [1.82, 2.24) is 15.3 Å². The highest BCUT2D eigenvalue weighted by Gasteiger charge is 2.23. The lowest BCUT2D eigenvalue weighted by Crippen LogP contribution is -2.34. The number of aliphatic imine (C=N–C) groups is 1. The number of hydroxylamine groups is 2. The van der Waals surface area contributed by atoms with Crippen molar-refractivity contribution in [2.45, 2.75) is 39.7 Å². The van der Waals surface area contributed by atoms with Crippen molar-refractivity contribution in [3.8, 4) is 0 Å². The maximum atomic E-state index is 13.0. The SMILES string of the molecule is CCCN(OCC)C(=O)C1=Cc2sc(CN3CCCNCC3)cc2N=C(N)C1. The van der Waals surface area contributed by atoms with Crippen molar-refractivity contribution in [2.75, 3.05) is 39.3 Å². The average Bonchev–Trinajstić information content (AvgIpc) is 2.83. The predicted molar refractivity (Wildman–Crippen MR) is 115 cm³/mol. The smallest absolute Gasteiger partial charge is 0.273 e. The second-order valence-electron chi connectivity index (χ2n) is 7.12. The number of carbonyl (C=O) groups is 1. The number of nitrogens with two attached hydrogens (primary N) is 1. The summed E-state index contributed by atoms with van der Waals surface area (Å²) in [6.07, 6.45) is 4.29. The van der Waals surface area contributed by atoms with E-state index in [9.17, 15) is 4.79 Å². The zero-order chi connectivity index (χ0) is 19.9. The summed E-state index contributed by atoms with van der Waals surface area (Å²) in [5.41, 5.74) is 7.62. The number of hydrogen-bond acceptors (Lipinski definition) is 7. The Kier molecular flexibility index (Phi) is 7.61. The van der Waals surface area contributed by atoms with Crippen LogP contribution in [0.15, 0.2) is 16.6 Å². The molecule has 28 heavy (non-hydrogen) atoms. The minimum absolute atomic E-state index is 0.122. The normalized spacial score (nSPS) is 17.9. The molecule has 1 amide bonds. The van der Waals surface area contributed by atoms with Crippen molar-refractivity contribution in [3.05, 3.63) is 21.4 Å². The van der Waals surface area contributed by atoms with Gasteiger partial charge in [-0.3, -0.25) is 14.5 Å². The molecule has 154 valence electrons. The van der Waals surface area contributed by atoms with E-state index in [2.05, 4.69) is 21.3 Å². The number of amides is 1. The highest BCUT2D eigenvalue weighted by atomic mass is 32.1. The van der Waals surface area contributed by atoms with Crippen LogP contribution in [0.2, 0.25) is 0 Å². The molecular formula is C20H31N5O2S. The van der Waals surface area contributed by atoms with Crippen LogP contribution in [0.5, 0.6) is 0 Å². The zero-order valence-corrected chi connectivity index (χ0v) is 17.7. The monoisotopic (exact) mass is 405 g/mol. The minimum atomic E-state index is -0.122. The van der Waals surface area contributed by atoms with Gasteiger partial charge in [0.05, 0.1) is 17.2 Å². The molecule has 1 aromatic rings. The third kappa shape index (κ3) is 5.41. The van der Waals surface area contributed by atoms with E-state index in [1.54, 1.807) is 11.3 Å². The van der Waals surface area contributed by atoms with Gasteiger partial charge >= 0.3 is 0 Å². The van der Waals surface area contributed by atoms with Crippen LogP contribution >= 0.6 is 11.3 Å². The second kappa shape index (κ2) is 10.2. The summed E-state index contributed by atoms with van der Waals surface area (Å²) in [5, 5.41) is 4.88. The van der Waals surface area contributed by atoms with Gasteiger partial charge < -0.3 is 11.1 Å². The Hall–Kier alpha value is -1.74. The average molecular weight is 406 g/mol. The summed E-state index contributed by atoms with van der Waals surface area (Å²) in [7, 11) is 0. The van der Waals surface area contributed by atoms with Crippen LogP contribution in [0.1, 0.15) is 42.9 Å². The number of fused-ring (bicyclic) bond motifs is 1. The Balaban J connectivity index is 1.80. The van der Waals surface area contributed by atoms with Gasteiger partial charge in [0.1, 0.15) is 5.84 Å². The second-order valence-corrected chi connectivity index (χ2v) is 8.28. The lowest BCUT2D eigenvalue weighted by molar-refractivity contribution is -0.180. The number of thiophene rings is 1. The molecule has 0 atom stereocenters. The van der Waals surface area contributed by atoms with Gasteiger partial charge in [0, 0.05) is 43.1 Å².